The summed E-state index contributed by atoms with van der Waals surface area (Å²) in [6, 6.07) is 60.7. The van der Waals surface area contributed by atoms with Crippen molar-refractivity contribution in [3.63, 3.8) is 0 Å². The van der Waals surface area contributed by atoms with Gasteiger partial charge in [0.05, 0.1) is 16.6 Å². The van der Waals surface area contributed by atoms with E-state index in [0.29, 0.717) is 0 Å². The van der Waals surface area contributed by atoms with E-state index >= 15 is 4.57 Å². The molecule has 0 bridgehead atoms. The number of hydrogen-bond acceptors (Lipinski definition) is 2. The summed E-state index contributed by atoms with van der Waals surface area (Å²) in [6.07, 6.45) is 0. The van der Waals surface area contributed by atoms with Gasteiger partial charge in [-0.05, 0) is 50.7 Å². The number of para-hydroxylation sites is 2. The Balaban J connectivity index is 1.43. The fourth-order valence-electron chi connectivity index (χ4n) is 7.89. The van der Waals surface area contributed by atoms with Crippen LogP contribution in [-0.2, 0) is 4.57 Å². The van der Waals surface area contributed by atoms with Gasteiger partial charge in [0.2, 0.25) is 0 Å². The van der Waals surface area contributed by atoms with Crippen molar-refractivity contribution in [1.29, 1.82) is 0 Å². The van der Waals surface area contributed by atoms with E-state index < -0.39 is 7.14 Å². The van der Waals surface area contributed by atoms with Crippen LogP contribution >= 0.6 is 7.14 Å². The maximum atomic E-state index is 16.4. The molecular formula is C45H29N2OP. The second kappa shape index (κ2) is 10.8. The summed E-state index contributed by atoms with van der Waals surface area (Å²) in [6.45, 7) is 0. The molecule has 0 fully saturated rings. The molecule has 0 N–H and O–H groups in total. The minimum atomic E-state index is -3.42. The molecule has 49 heavy (non-hydrogen) atoms. The topological polar surface area (TPSA) is 34.4 Å². The van der Waals surface area contributed by atoms with Crippen molar-refractivity contribution in [2.24, 2.45) is 0 Å². The number of nitrogens with zero attached hydrogens (tertiary/aromatic N) is 2. The summed E-state index contributed by atoms with van der Waals surface area (Å²) in [7, 11) is -3.42. The lowest BCUT2D eigenvalue weighted by Gasteiger charge is -2.26. The van der Waals surface area contributed by atoms with E-state index in [1.165, 1.54) is 0 Å². The van der Waals surface area contributed by atoms with E-state index in [2.05, 4.69) is 114 Å². The van der Waals surface area contributed by atoms with E-state index in [1.54, 1.807) is 0 Å². The SMILES string of the molecule is O=P(c1ccccc1)(c1ccccc1)c1c(-c2ccc3c4ccccc4c4nc5ccccc5n4c3c2)c2ccccc2c2ccccc12. The molecule has 0 saturated carbocycles. The largest absolute Gasteiger partial charge is 0.309 e. The maximum Gasteiger partial charge on any atom is 0.172 e. The Labute approximate surface area is 283 Å². The van der Waals surface area contributed by atoms with Crippen LogP contribution in [0.1, 0.15) is 0 Å². The molecule has 8 aromatic carbocycles. The van der Waals surface area contributed by atoms with E-state index in [1.807, 2.05) is 66.7 Å². The Morgan fingerprint density at radius 3 is 1.61 bits per heavy atom. The Morgan fingerprint density at radius 2 is 0.939 bits per heavy atom. The van der Waals surface area contributed by atoms with E-state index in [-0.39, 0.29) is 0 Å². The van der Waals surface area contributed by atoms with Crippen LogP contribution in [0.5, 0.6) is 0 Å². The summed E-state index contributed by atoms with van der Waals surface area (Å²) >= 11 is 0. The molecule has 0 aliphatic carbocycles. The second-order valence-corrected chi connectivity index (χ2v) is 15.3. The minimum absolute atomic E-state index is 0.817. The zero-order valence-corrected chi connectivity index (χ0v) is 27.4. The van der Waals surface area contributed by atoms with Crippen LogP contribution in [0.3, 0.4) is 0 Å². The number of rotatable bonds is 4. The third kappa shape index (κ3) is 4.03. The van der Waals surface area contributed by atoms with Gasteiger partial charge in [-0.2, -0.15) is 0 Å². The lowest BCUT2D eigenvalue weighted by Crippen LogP contribution is -2.27. The molecule has 10 aromatic rings. The molecule has 0 atom stereocenters. The van der Waals surface area contributed by atoms with Gasteiger partial charge in [0, 0.05) is 32.2 Å². The smallest absolute Gasteiger partial charge is 0.172 e. The van der Waals surface area contributed by atoms with Gasteiger partial charge in [-0.1, -0.05) is 158 Å². The van der Waals surface area contributed by atoms with Crippen LogP contribution in [0.4, 0.5) is 0 Å². The molecule has 10 rings (SSSR count). The van der Waals surface area contributed by atoms with Gasteiger partial charge < -0.3 is 4.57 Å². The van der Waals surface area contributed by atoms with Gasteiger partial charge >= 0.3 is 0 Å². The number of imidazole rings is 1. The second-order valence-electron chi connectivity index (χ2n) is 12.6. The van der Waals surface area contributed by atoms with Crippen LogP contribution in [0, 0.1) is 0 Å². The number of fused-ring (bicyclic) bond motifs is 11. The van der Waals surface area contributed by atoms with Gasteiger partial charge in [-0.3, -0.25) is 4.40 Å². The van der Waals surface area contributed by atoms with Crippen molar-refractivity contribution < 1.29 is 4.57 Å². The van der Waals surface area contributed by atoms with Crippen LogP contribution in [0.2, 0.25) is 0 Å². The highest BCUT2D eigenvalue weighted by molar-refractivity contribution is 7.86. The van der Waals surface area contributed by atoms with Crippen molar-refractivity contribution in [2.45, 2.75) is 0 Å². The van der Waals surface area contributed by atoms with Crippen LogP contribution < -0.4 is 15.9 Å². The average molecular weight is 645 g/mol. The Kier molecular flexibility index (Phi) is 6.15. The molecule has 0 unspecified atom stereocenters. The van der Waals surface area contributed by atoms with E-state index in [4.69, 9.17) is 4.98 Å². The van der Waals surface area contributed by atoms with E-state index in [0.717, 1.165) is 86.9 Å². The van der Waals surface area contributed by atoms with Gasteiger partial charge in [0.25, 0.3) is 0 Å². The zero-order chi connectivity index (χ0) is 32.5. The standard InChI is InChI=1S/C45H29N2OP/c48-49(31-15-3-1-4-16-31,32-17-5-2-6-18-32)44-38-23-11-8-20-34(38)33-19-7-10-22-37(33)43(44)30-27-28-36-35-21-9-12-24-39(35)45-46-40-25-13-14-26-41(40)47(45)42(36)29-30/h1-29H. The summed E-state index contributed by atoms with van der Waals surface area (Å²) in [4.78, 5) is 5.14. The quantitative estimate of drug-likeness (QED) is 0.141. The van der Waals surface area contributed by atoms with Crippen molar-refractivity contribution in [3.8, 4) is 11.1 Å². The first-order valence-electron chi connectivity index (χ1n) is 16.6. The number of benzene rings is 8. The zero-order valence-electron chi connectivity index (χ0n) is 26.5. The van der Waals surface area contributed by atoms with Crippen molar-refractivity contribution in [1.82, 2.24) is 9.38 Å². The predicted molar refractivity (Wildman–Crippen MR) is 208 cm³/mol. The van der Waals surface area contributed by atoms with Crippen LogP contribution in [-0.4, -0.2) is 9.38 Å². The molecule has 2 heterocycles. The molecule has 0 spiro atoms. The Bertz CT molecular complexity index is 2920. The molecular weight excluding hydrogens is 615 g/mol. The first-order chi connectivity index (χ1) is 24.2. The molecule has 4 heteroatoms. The minimum Gasteiger partial charge on any atom is -0.309 e. The third-order valence-electron chi connectivity index (χ3n) is 10.0. The number of hydrogen-bond donors (Lipinski definition) is 0. The maximum absolute atomic E-state index is 16.4. The first kappa shape index (κ1) is 28.0. The van der Waals surface area contributed by atoms with Crippen molar-refractivity contribution in [2.75, 3.05) is 0 Å². The lowest BCUT2D eigenvalue weighted by molar-refractivity contribution is 0.592. The molecule has 0 aliphatic rings. The normalized spacial score (nSPS) is 12.2. The lowest BCUT2D eigenvalue weighted by atomic mass is 9.92. The summed E-state index contributed by atoms with van der Waals surface area (Å²) in [5.41, 5.74) is 6.04. The summed E-state index contributed by atoms with van der Waals surface area (Å²) < 4.78 is 18.7. The van der Waals surface area contributed by atoms with Gasteiger partial charge in [-0.15, -0.1) is 0 Å². The average Bonchev–Trinajstić information content (AvgIpc) is 3.58. The van der Waals surface area contributed by atoms with Gasteiger partial charge in [-0.25, -0.2) is 4.98 Å². The predicted octanol–water partition coefficient (Wildman–Crippen LogP) is 10.4. The van der Waals surface area contributed by atoms with E-state index in [9.17, 15) is 0 Å². The molecule has 0 aliphatic heterocycles. The Hall–Kier alpha value is -6.02. The molecule has 3 nitrogen and oxygen atoms in total. The molecule has 0 amide bonds. The van der Waals surface area contributed by atoms with Gasteiger partial charge in [0.1, 0.15) is 5.65 Å². The summed E-state index contributed by atoms with van der Waals surface area (Å²) in [5, 5.41) is 10.2. The fourth-order valence-corrected chi connectivity index (χ4v) is 11.0. The monoisotopic (exact) mass is 644 g/mol. The highest BCUT2D eigenvalue weighted by Gasteiger charge is 2.35. The molecule has 0 saturated heterocycles. The highest BCUT2D eigenvalue weighted by Crippen LogP contribution is 2.50. The summed E-state index contributed by atoms with van der Waals surface area (Å²) in [5.74, 6) is 0. The molecule has 2 aromatic heterocycles. The highest BCUT2D eigenvalue weighted by atomic mass is 31.2. The Morgan fingerprint density at radius 1 is 0.429 bits per heavy atom. The number of aromatic nitrogens is 2. The van der Waals surface area contributed by atoms with Crippen LogP contribution in [0.25, 0.3) is 71.0 Å². The van der Waals surface area contributed by atoms with Crippen LogP contribution in [0.15, 0.2) is 176 Å². The fraction of sp³-hybridized carbons (Fsp3) is 0. The number of pyridine rings is 1. The molecule has 230 valence electrons. The third-order valence-corrected chi connectivity index (χ3v) is 13.2. The molecule has 0 radical (unpaired) electrons. The van der Waals surface area contributed by atoms with Crippen molar-refractivity contribution >= 4 is 83.0 Å². The first-order valence-corrected chi connectivity index (χ1v) is 18.3. The van der Waals surface area contributed by atoms with Crippen molar-refractivity contribution in [3.05, 3.63) is 176 Å². The van der Waals surface area contributed by atoms with Gasteiger partial charge in [0.15, 0.2) is 7.14 Å².